The van der Waals surface area contributed by atoms with E-state index in [1.807, 2.05) is 12.1 Å². The fourth-order valence-corrected chi connectivity index (χ4v) is 3.63. The van der Waals surface area contributed by atoms with E-state index in [2.05, 4.69) is 16.0 Å². The van der Waals surface area contributed by atoms with Crippen LogP contribution in [-0.4, -0.2) is 26.3 Å². The Morgan fingerprint density at radius 2 is 1.91 bits per heavy atom. The molecule has 0 bridgehead atoms. The number of ether oxygens (including phenoxy) is 1. The summed E-state index contributed by atoms with van der Waals surface area (Å²) in [6.45, 7) is 3.01. The Morgan fingerprint density at radius 3 is 2.61 bits per heavy atom. The molecular formula is C18H20N3O2+. The zero-order chi connectivity index (χ0) is 15.6. The smallest absolute Gasteiger partial charge is 0.293 e. The van der Waals surface area contributed by atoms with E-state index in [4.69, 9.17) is 9.15 Å². The van der Waals surface area contributed by atoms with E-state index in [-0.39, 0.29) is 0 Å². The second kappa shape index (κ2) is 6.05. The lowest BCUT2D eigenvalue weighted by Gasteiger charge is -2.25. The molecule has 5 heteroatoms. The molecule has 1 N–H and O–H groups in total. The van der Waals surface area contributed by atoms with Gasteiger partial charge in [-0.3, -0.25) is 4.90 Å². The first-order chi connectivity index (χ1) is 11.4. The number of nitrogens with one attached hydrogen (secondary N) is 1. The second-order valence-corrected chi connectivity index (χ2v) is 6.08. The van der Waals surface area contributed by atoms with Crippen molar-refractivity contribution < 1.29 is 14.1 Å². The Bertz CT molecular complexity index is 741. The quantitative estimate of drug-likeness (QED) is 0.854. The zero-order valence-corrected chi connectivity index (χ0v) is 13.1. The second-order valence-electron chi connectivity index (χ2n) is 6.08. The maximum absolute atomic E-state index is 9.78. The lowest BCUT2D eigenvalue weighted by molar-refractivity contribution is -0.353. The number of H-pyrrole nitrogens is 1. The lowest BCUT2D eigenvalue weighted by atomic mass is 9.87. The third-order valence-electron chi connectivity index (χ3n) is 4.76. The molecule has 2 aromatic heterocycles. The number of rotatable bonds is 2. The Labute approximate surface area is 135 Å². The van der Waals surface area contributed by atoms with Gasteiger partial charge in [-0.05, 0) is 43.4 Å². The van der Waals surface area contributed by atoms with Crippen molar-refractivity contribution in [2.75, 3.05) is 31.2 Å². The van der Waals surface area contributed by atoms with Gasteiger partial charge < -0.3 is 9.15 Å². The summed E-state index contributed by atoms with van der Waals surface area (Å²) < 4.78 is 11.1. The molecule has 0 spiro atoms. The van der Waals surface area contributed by atoms with Crippen LogP contribution in [0.15, 0.2) is 22.8 Å². The molecule has 0 aromatic carbocycles. The van der Waals surface area contributed by atoms with E-state index in [1.165, 1.54) is 11.1 Å². The highest BCUT2D eigenvalue weighted by molar-refractivity contribution is 5.65. The number of pyridine rings is 1. The fourth-order valence-electron chi connectivity index (χ4n) is 3.63. The van der Waals surface area contributed by atoms with Gasteiger partial charge in [-0.15, -0.1) is 0 Å². The van der Waals surface area contributed by atoms with Crippen molar-refractivity contribution >= 4 is 5.82 Å². The molecule has 0 saturated carbocycles. The Balaban J connectivity index is 1.91. The van der Waals surface area contributed by atoms with Gasteiger partial charge in [-0.1, -0.05) is 0 Å². The Kier molecular flexibility index (Phi) is 3.76. The molecular weight excluding hydrogens is 290 g/mol. The highest BCUT2D eigenvalue weighted by Gasteiger charge is 2.31. The van der Waals surface area contributed by atoms with Crippen LogP contribution in [0.1, 0.15) is 29.5 Å². The minimum Gasteiger partial charge on any atom is -0.461 e. The van der Waals surface area contributed by atoms with Gasteiger partial charge in [-0.25, -0.2) is 4.98 Å². The molecule has 23 heavy (non-hydrogen) atoms. The number of morpholine rings is 1. The Morgan fingerprint density at radius 1 is 1.13 bits per heavy atom. The van der Waals surface area contributed by atoms with Gasteiger partial charge in [0, 0.05) is 5.56 Å². The predicted molar refractivity (Wildman–Crippen MR) is 85.1 cm³/mol. The fraction of sp³-hybridized carbons (Fsp3) is 0.444. The van der Waals surface area contributed by atoms with Crippen molar-refractivity contribution in [3.8, 4) is 17.5 Å². The number of hydrogen-bond acceptors (Lipinski definition) is 4. The van der Waals surface area contributed by atoms with E-state index in [0.29, 0.717) is 13.2 Å². The van der Waals surface area contributed by atoms with Crippen LogP contribution in [0.3, 0.4) is 0 Å². The Hall–Kier alpha value is -2.32. The van der Waals surface area contributed by atoms with E-state index in [1.54, 1.807) is 6.26 Å². The molecule has 0 unspecified atom stereocenters. The maximum Gasteiger partial charge on any atom is 0.293 e. The SMILES string of the molecule is N#Cc1c(N2CCOCC2)[nH+]c(-c2ccco2)c2c1CCCC2. The molecule has 1 aliphatic carbocycles. The zero-order valence-electron chi connectivity index (χ0n) is 13.1. The van der Waals surface area contributed by atoms with E-state index in [9.17, 15) is 5.26 Å². The van der Waals surface area contributed by atoms with Crippen LogP contribution in [0.2, 0.25) is 0 Å². The van der Waals surface area contributed by atoms with Gasteiger partial charge in [0.05, 0.1) is 19.5 Å². The summed E-state index contributed by atoms with van der Waals surface area (Å²) in [5, 5.41) is 9.78. The van der Waals surface area contributed by atoms with Crippen LogP contribution >= 0.6 is 0 Å². The highest BCUT2D eigenvalue weighted by Crippen LogP contribution is 2.34. The third-order valence-corrected chi connectivity index (χ3v) is 4.76. The molecule has 1 aliphatic heterocycles. The van der Waals surface area contributed by atoms with Crippen molar-refractivity contribution in [1.82, 2.24) is 0 Å². The van der Waals surface area contributed by atoms with Crippen LogP contribution in [0.5, 0.6) is 0 Å². The molecule has 0 amide bonds. The average Bonchev–Trinajstić information content (AvgIpc) is 3.15. The third kappa shape index (κ3) is 2.49. The van der Waals surface area contributed by atoms with Crippen molar-refractivity contribution in [3.63, 3.8) is 0 Å². The number of aromatic nitrogens is 1. The number of aromatic amines is 1. The normalized spacial score (nSPS) is 17.6. The number of anilines is 1. The van der Waals surface area contributed by atoms with Crippen LogP contribution in [-0.2, 0) is 17.6 Å². The molecule has 2 aromatic rings. The monoisotopic (exact) mass is 310 g/mol. The molecule has 5 nitrogen and oxygen atoms in total. The number of furan rings is 1. The van der Waals surface area contributed by atoms with Gasteiger partial charge in [0.1, 0.15) is 24.7 Å². The van der Waals surface area contributed by atoms with E-state index >= 15 is 0 Å². The molecule has 118 valence electrons. The van der Waals surface area contributed by atoms with Gasteiger partial charge in [0.25, 0.3) is 5.82 Å². The minimum absolute atomic E-state index is 0.700. The molecule has 4 rings (SSSR count). The number of fused-ring (bicyclic) bond motifs is 1. The first-order valence-corrected chi connectivity index (χ1v) is 8.26. The van der Waals surface area contributed by atoms with Gasteiger partial charge in [-0.2, -0.15) is 5.26 Å². The first kappa shape index (κ1) is 14.3. The summed E-state index contributed by atoms with van der Waals surface area (Å²) in [6, 6.07) is 6.34. The first-order valence-electron chi connectivity index (χ1n) is 8.26. The van der Waals surface area contributed by atoms with Crippen LogP contribution in [0.25, 0.3) is 11.5 Å². The van der Waals surface area contributed by atoms with Crippen LogP contribution < -0.4 is 9.88 Å². The van der Waals surface area contributed by atoms with E-state index < -0.39 is 0 Å². The molecule has 1 saturated heterocycles. The van der Waals surface area contributed by atoms with E-state index in [0.717, 1.165) is 61.6 Å². The van der Waals surface area contributed by atoms with Gasteiger partial charge in [0.2, 0.25) is 0 Å². The molecule has 2 aliphatic rings. The standard InChI is InChI=1S/C18H19N3O2/c19-12-15-13-4-1-2-5-14(13)17(16-6-3-9-23-16)20-18(15)21-7-10-22-11-8-21/h3,6,9H,1-2,4-5,7-8,10-11H2/p+1. The van der Waals surface area contributed by atoms with Gasteiger partial charge in [0.15, 0.2) is 11.5 Å². The number of hydrogen-bond donors (Lipinski definition) is 0. The summed E-state index contributed by atoms with van der Waals surface area (Å²) in [5.41, 5.74) is 4.28. The van der Waals surface area contributed by atoms with Crippen LogP contribution in [0.4, 0.5) is 5.82 Å². The van der Waals surface area contributed by atoms with Crippen molar-refractivity contribution in [3.05, 3.63) is 35.1 Å². The number of nitriles is 1. The molecule has 3 heterocycles. The van der Waals surface area contributed by atoms with Crippen molar-refractivity contribution in [1.29, 1.82) is 5.26 Å². The summed E-state index contributed by atoms with van der Waals surface area (Å²) in [6.07, 6.45) is 5.98. The molecule has 0 atom stereocenters. The van der Waals surface area contributed by atoms with Crippen molar-refractivity contribution in [2.45, 2.75) is 25.7 Å². The van der Waals surface area contributed by atoms with Crippen molar-refractivity contribution in [2.24, 2.45) is 0 Å². The summed E-state index contributed by atoms with van der Waals surface area (Å²) in [4.78, 5) is 5.74. The number of nitrogens with zero attached hydrogens (tertiary/aromatic N) is 2. The topological polar surface area (TPSA) is 63.5 Å². The maximum atomic E-state index is 9.78. The summed E-state index contributed by atoms with van der Waals surface area (Å²) in [7, 11) is 0. The highest BCUT2D eigenvalue weighted by atomic mass is 16.5. The van der Waals surface area contributed by atoms with Gasteiger partial charge >= 0.3 is 0 Å². The molecule has 1 fully saturated rings. The molecule has 0 radical (unpaired) electrons. The summed E-state index contributed by atoms with van der Waals surface area (Å²) >= 11 is 0. The summed E-state index contributed by atoms with van der Waals surface area (Å²) in [5.74, 6) is 1.77. The average molecular weight is 310 g/mol. The lowest BCUT2D eigenvalue weighted by Crippen LogP contribution is -2.41. The predicted octanol–water partition coefficient (Wildman–Crippen LogP) is 2.35. The largest absolute Gasteiger partial charge is 0.461 e. The minimum atomic E-state index is 0.700. The van der Waals surface area contributed by atoms with Crippen LogP contribution in [0, 0.1) is 11.3 Å².